The maximum absolute atomic E-state index is 12.6. The SMILES string of the molecule is CCOC(=O)c1c(-c2ccc(C)cc2)csc1NC(=O)C=Cc1ccc(Cl)c(Cl)c1. The third-order valence-corrected chi connectivity index (χ3v) is 5.88. The monoisotopic (exact) mass is 459 g/mol. The largest absolute Gasteiger partial charge is 0.462 e. The number of halogens is 2. The fraction of sp³-hybridized carbons (Fsp3) is 0.130. The van der Waals surface area contributed by atoms with Crippen molar-refractivity contribution in [2.45, 2.75) is 13.8 Å². The van der Waals surface area contributed by atoms with Gasteiger partial charge in [-0.2, -0.15) is 0 Å². The molecule has 0 atom stereocenters. The molecule has 154 valence electrons. The van der Waals surface area contributed by atoms with E-state index >= 15 is 0 Å². The van der Waals surface area contributed by atoms with Gasteiger partial charge in [0.15, 0.2) is 0 Å². The van der Waals surface area contributed by atoms with Crippen molar-refractivity contribution in [3.8, 4) is 11.1 Å². The van der Waals surface area contributed by atoms with Gasteiger partial charge in [0.05, 0.1) is 16.7 Å². The van der Waals surface area contributed by atoms with Gasteiger partial charge in [-0.1, -0.05) is 59.1 Å². The van der Waals surface area contributed by atoms with Crippen molar-refractivity contribution < 1.29 is 14.3 Å². The number of nitrogens with one attached hydrogen (secondary N) is 1. The van der Waals surface area contributed by atoms with E-state index in [1.807, 2.05) is 36.6 Å². The Morgan fingerprint density at radius 2 is 1.83 bits per heavy atom. The van der Waals surface area contributed by atoms with Crippen LogP contribution in [0.1, 0.15) is 28.4 Å². The minimum atomic E-state index is -0.474. The molecule has 1 amide bonds. The van der Waals surface area contributed by atoms with Crippen LogP contribution in [0, 0.1) is 6.92 Å². The molecule has 0 aliphatic heterocycles. The number of carbonyl (C=O) groups is 2. The highest BCUT2D eigenvalue weighted by atomic mass is 35.5. The summed E-state index contributed by atoms with van der Waals surface area (Å²) in [5, 5.41) is 5.91. The number of aryl methyl sites for hydroxylation is 1. The summed E-state index contributed by atoms with van der Waals surface area (Å²) < 4.78 is 5.22. The normalized spacial score (nSPS) is 10.9. The van der Waals surface area contributed by atoms with Gasteiger partial charge in [0.2, 0.25) is 5.91 Å². The number of thiophene rings is 1. The first-order chi connectivity index (χ1) is 14.4. The zero-order valence-corrected chi connectivity index (χ0v) is 18.7. The van der Waals surface area contributed by atoms with Crippen molar-refractivity contribution in [1.82, 2.24) is 0 Å². The van der Waals surface area contributed by atoms with E-state index in [-0.39, 0.29) is 12.5 Å². The Kier molecular flexibility index (Phi) is 7.32. The van der Waals surface area contributed by atoms with E-state index in [0.29, 0.717) is 20.6 Å². The number of esters is 1. The zero-order valence-electron chi connectivity index (χ0n) is 16.4. The van der Waals surface area contributed by atoms with Crippen molar-refractivity contribution >= 4 is 57.5 Å². The average molecular weight is 460 g/mol. The minimum absolute atomic E-state index is 0.243. The van der Waals surface area contributed by atoms with Gasteiger partial charge in [-0.05, 0) is 43.2 Å². The Balaban J connectivity index is 1.86. The molecule has 0 unspecified atom stereocenters. The Morgan fingerprint density at radius 1 is 1.10 bits per heavy atom. The van der Waals surface area contributed by atoms with E-state index < -0.39 is 5.97 Å². The van der Waals surface area contributed by atoms with E-state index in [1.165, 1.54) is 17.4 Å². The van der Waals surface area contributed by atoms with Crippen LogP contribution in [0.25, 0.3) is 17.2 Å². The van der Waals surface area contributed by atoms with E-state index in [1.54, 1.807) is 31.2 Å². The molecule has 7 heteroatoms. The van der Waals surface area contributed by atoms with Crippen molar-refractivity contribution in [3.05, 3.63) is 80.7 Å². The van der Waals surface area contributed by atoms with Gasteiger partial charge in [-0.25, -0.2) is 4.79 Å². The van der Waals surface area contributed by atoms with Gasteiger partial charge >= 0.3 is 5.97 Å². The summed E-state index contributed by atoms with van der Waals surface area (Å²) in [7, 11) is 0. The fourth-order valence-electron chi connectivity index (χ4n) is 2.74. The number of hydrogen-bond donors (Lipinski definition) is 1. The van der Waals surface area contributed by atoms with Crippen LogP contribution in [-0.2, 0) is 9.53 Å². The van der Waals surface area contributed by atoms with E-state index in [0.717, 1.165) is 22.3 Å². The summed E-state index contributed by atoms with van der Waals surface area (Å²) >= 11 is 13.2. The predicted molar refractivity (Wildman–Crippen MR) is 125 cm³/mol. The molecular formula is C23H19Cl2NO3S. The number of anilines is 1. The van der Waals surface area contributed by atoms with Crippen LogP contribution in [0.4, 0.5) is 5.00 Å². The first-order valence-corrected chi connectivity index (χ1v) is 10.8. The molecule has 0 saturated heterocycles. The molecule has 3 rings (SSSR count). The lowest BCUT2D eigenvalue weighted by Crippen LogP contribution is -2.12. The van der Waals surface area contributed by atoms with Crippen molar-refractivity contribution in [2.24, 2.45) is 0 Å². The molecule has 0 saturated carbocycles. The van der Waals surface area contributed by atoms with E-state index in [9.17, 15) is 9.59 Å². The lowest BCUT2D eigenvalue weighted by molar-refractivity contribution is -0.111. The van der Waals surface area contributed by atoms with Crippen LogP contribution in [0.2, 0.25) is 10.0 Å². The average Bonchev–Trinajstić information content (AvgIpc) is 3.13. The summed E-state index contributed by atoms with van der Waals surface area (Å²) in [5.74, 6) is -0.845. The fourth-order valence-corrected chi connectivity index (χ4v) is 4.01. The second kappa shape index (κ2) is 9.94. The second-order valence-electron chi connectivity index (χ2n) is 6.44. The maximum atomic E-state index is 12.6. The zero-order chi connectivity index (χ0) is 21.7. The number of carbonyl (C=O) groups excluding carboxylic acids is 2. The molecule has 1 N–H and O–H groups in total. The van der Waals surface area contributed by atoms with Crippen LogP contribution < -0.4 is 5.32 Å². The van der Waals surface area contributed by atoms with Crippen LogP contribution in [0.3, 0.4) is 0 Å². The smallest absolute Gasteiger partial charge is 0.341 e. The molecular weight excluding hydrogens is 441 g/mol. The molecule has 2 aromatic carbocycles. The highest BCUT2D eigenvalue weighted by Gasteiger charge is 2.22. The summed E-state index contributed by atoms with van der Waals surface area (Å²) in [4.78, 5) is 25.1. The third-order valence-electron chi connectivity index (χ3n) is 4.24. The molecule has 0 aliphatic carbocycles. The van der Waals surface area contributed by atoms with E-state index in [4.69, 9.17) is 27.9 Å². The van der Waals surface area contributed by atoms with E-state index in [2.05, 4.69) is 5.32 Å². The molecule has 0 spiro atoms. The molecule has 1 aromatic heterocycles. The topological polar surface area (TPSA) is 55.4 Å². The molecule has 1 heterocycles. The Hall–Kier alpha value is -2.60. The lowest BCUT2D eigenvalue weighted by atomic mass is 10.0. The number of benzene rings is 2. The first-order valence-electron chi connectivity index (χ1n) is 9.18. The molecule has 3 aromatic rings. The van der Waals surface area contributed by atoms with Gasteiger partial charge < -0.3 is 10.1 Å². The van der Waals surface area contributed by atoms with Crippen LogP contribution in [0.5, 0.6) is 0 Å². The van der Waals surface area contributed by atoms with Gasteiger partial charge in [-0.3, -0.25) is 4.79 Å². The predicted octanol–water partition coefficient (Wildman–Crippen LogP) is 6.86. The number of rotatable bonds is 6. The van der Waals surface area contributed by atoms with Crippen LogP contribution >= 0.6 is 34.5 Å². The summed E-state index contributed by atoms with van der Waals surface area (Å²) in [5.41, 5.74) is 3.81. The van der Waals surface area contributed by atoms with Gasteiger partial charge in [0, 0.05) is 17.0 Å². The highest BCUT2D eigenvalue weighted by Crippen LogP contribution is 2.36. The summed E-state index contributed by atoms with van der Waals surface area (Å²) in [6.45, 7) is 3.98. The third kappa shape index (κ3) is 5.30. The molecule has 4 nitrogen and oxygen atoms in total. The molecule has 0 aliphatic rings. The van der Waals surface area contributed by atoms with Crippen molar-refractivity contribution in [2.75, 3.05) is 11.9 Å². The minimum Gasteiger partial charge on any atom is -0.462 e. The number of ether oxygens (including phenoxy) is 1. The van der Waals surface area contributed by atoms with Crippen LogP contribution in [0.15, 0.2) is 53.9 Å². The summed E-state index contributed by atoms with van der Waals surface area (Å²) in [6.07, 6.45) is 3.00. The van der Waals surface area contributed by atoms with Gasteiger partial charge in [0.25, 0.3) is 0 Å². The number of hydrogen-bond acceptors (Lipinski definition) is 4. The van der Waals surface area contributed by atoms with Crippen LogP contribution in [-0.4, -0.2) is 18.5 Å². The quantitative estimate of drug-likeness (QED) is 0.323. The van der Waals surface area contributed by atoms with Gasteiger partial charge in [-0.15, -0.1) is 11.3 Å². The summed E-state index contributed by atoms with van der Waals surface area (Å²) in [6, 6.07) is 12.9. The number of amides is 1. The molecule has 30 heavy (non-hydrogen) atoms. The molecule has 0 bridgehead atoms. The Labute approximate surface area is 189 Å². The highest BCUT2D eigenvalue weighted by molar-refractivity contribution is 7.15. The molecule has 0 fully saturated rings. The van der Waals surface area contributed by atoms with Gasteiger partial charge in [0.1, 0.15) is 10.6 Å². The second-order valence-corrected chi connectivity index (χ2v) is 8.13. The maximum Gasteiger partial charge on any atom is 0.341 e. The first kappa shape index (κ1) is 22.1. The van der Waals surface area contributed by atoms with Crippen molar-refractivity contribution in [3.63, 3.8) is 0 Å². The molecule has 0 radical (unpaired) electrons. The standard InChI is InChI=1S/C23H19Cl2NO3S/c1-3-29-23(28)21-17(16-8-4-14(2)5-9-16)13-30-22(21)26-20(27)11-7-15-6-10-18(24)19(25)12-15/h4-13H,3H2,1-2H3,(H,26,27). The Bertz CT molecular complexity index is 1100. The van der Waals surface area contributed by atoms with Crippen molar-refractivity contribution in [1.29, 1.82) is 0 Å². The lowest BCUT2D eigenvalue weighted by Gasteiger charge is -2.08. The Morgan fingerprint density at radius 3 is 2.50 bits per heavy atom.